The summed E-state index contributed by atoms with van der Waals surface area (Å²) < 4.78 is 17.1. The molecule has 0 fully saturated rings. The molecule has 0 unspecified atom stereocenters. The summed E-state index contributed by atoms with van der Waals surface area (Å²) >= 11 is 0. The predicted molar refractivity (Wildman–Crippen MR) is 69.4 cm³/mol. The third kappa shape index (κ3) is 3.39. The molecule has 0 aliphatic rings. The van der Waals surface area contributed by atoms with Crippen molar-refractivity contribution in [1.82, 2.24) is 25.0 Å². The minimum Gasteiger partial charge on any atom is -0.382 e. The maximum Gasteiger partial charge on any atom is 0.350 e. The molecule has 6 N–H and O–H groups in total. The largest absolute Gasteiger partial charge is 0.382 e. The van der Waals surface area contributed by atoms with E-state index in [1.807, 2.05) is 0 Å². The highest BCUT2D eigenvalue weighted by Gasteiger charge is 2.18. The van der Waals surface area contributed by atoms with Gasteiger partial charge in [-0.1, -0.05) is 5.21 Å². The lowest BCUT2D eigenvalue weighted by molar-refractivity contribution is 0.0735. The van der Waals surface area contributed by atoms with Crippen LogP contribution in [0, 0.1) is 0 Å². The van der Waals surface area contributed by atoms with Gasteiger partial charge in [0.25, 0.3) is 0 Å². The highest BCUT2D eigenvalue weighted by molar-refractivity contribution is 7.51. The molecule has 0 aliphatic heterocycles. The normalized spacial score (nSPS) is 13.8. The fourth-order valence-electron chi connectivity index (χ4n) is 1.54. The predicted octanol–water partition coefficient (Wildman–Crippen LogP) is -1.07. The molecule has 0 saturated heterocycles. The number of aromatic nitrogens is 5. The number of hydrogen-bond donors (Lipinski definition) is 4. The van der Waals surface area contributed by atoms with E-state index in [1.54, 1.807) is 6.92 Å². The summed E-state index contributed by atoms with van der Waals surface area (Å²) in [6.45, 7) is 1.82. The molecule has 11 nitrogen and oxygen atoms in total. The van der Waals surface area contributed by atoms with Crippen molar-refractivity contribution >= 4 is 30.5 Å². The Morgan fingerprint density at radius 3 is 2.75 bits per heavy atom. The van der Waals surface area contributed by atoms with Crippen LogP contribution in [0.2, 0.25) is 0 Å². The molecule has 0 aromatic carbocycles. The van der Waals surface area contributed by atoms with Crippen LogP contribution in [-0.2, 0) is 15.8 Å². The van der Waals surface area contributed by atoms with Gasteiger partial charge in [-0.3, -0.25) is 4.57 Å². The van der Waals surface area contributed by atoms with Crippen molar-refractivity contribution in [2.24, 2.45) is 0 Å². The van der Waals surface area contributed by atoms with Crippen molar-refractivity contribution in [3.05, 3.63) is 0 Å². The molecule has 0 amide bonds. The van der Waals surface area contributed by atoms with Gasteiger partial charge < -0.3 is 26.0 Å². The highest BCUT2D eigenvalue weighted by atomic mass is 31.2. The van der Waals surface area contributed by atoms with E-state index < -0.39 is 20.0 Å². The standard InChI is InChI=1S/C8H14N7O4P/c1-4(19-3-20(16,17)18)2-15-7-5(13-14-15)6(9)11-8(10)12-7/h4H,2-3H2,1H3,(H2,16,17,18)(H4,9,10,11,12)/t4-/m1/s1. The van der Waals surface area contributed by atoms with E-state index >= 15 is 0 Å². The van der Waals surface area contributed by atoms with Crippen LogP contribution in [0.5, 0.6) is 0 Å². The van der Waals surface area contributed by atoms with Crippen LogP contribution >= 0.6 is 7.60 Å². The van der Waals surface area contributed by atoms with Gasteiger partial charge in [0, 0.05) is 0 Å². The van der Waals surface area contributed by atoms with E-state index in [-0.39, 0.29) is 18.3 Å². The lowest BCUT2D eigenvalue weighted by Crippen LogP contribution is -2.18. The molecular formula is C8H14N7O4P. The van der Waals surface area contributed by atoms with Crippen molar-refractivity contribution in [1.29, 1.82) is 0 Å². The molecule has 0 radical (unpaired) electrons. The number of nitrogens with zero attached hydrogens (tertiary/aromatic N) is 5. The van der Waals surface area contributed by atoms with Gasteiger partial charge in [-0.25, -0.2) is 4.68 Å². The van der Waals surface area contributed by atoms with Crippen LogP contribution in [0.1, 0.15) is 6.92 Å². The third-order valence-electron chi connectivity index (χ3n) is 2.36. The van der Waals surface area contributed by atoms with Gasteiger partial charge in [0.15, 0.2) is 17.0 Å². The molecule has 0 aliphatic carbocycles. The molecule has 0 saturated carbocycles. The zero-order chi connectivity index (χ0) is 14.9. The second-order valence-electron chi connectivity index (χ2n) is 4.18. The maximum absolute atomic E-state index is 10.7. The summed E-state index contributed by atoms with van der Waals surface area (Å²) in [6, 6.07) is 0. The average molecular weight is 303 g/mol. The number of nitrogen functional groups attached to an aromatic ring is 2. The number of anilines is 2. The molecule has 2 heterocycles. The zero-order valence-corrected chi connectivity index (χ0v) is 11.4. The van der Waals surface area contributed by atoms with Gasteiger partial charge in [-0.2, -0.15) is 9.97 Å². The van der Waals surface area contributed by atoms with E-state index in [0.717, 1.165) is 0 Å². The van der Waals surface area contributed by atoms with Crippen LogP contribution in [0.15, 0.2) is 0 Å². The Morgan fingerprint density at radius 1 is 1.40 bits per heavy atom. The number of hydrogen-bond acceptors (Lipinski definition) is 8. The quantitative estimate of drug-likeness (QED) is 0.497. The van der Waals surface area contributed by atoms with Gasteiger partial charge in [-0.15, -0.1) is 5.10 Å². The molecule has 0 spiro atoms. The van der Waals surface area contributed by atoms with Crippen molar-refractivity contribution < 1.29 is 19.1 Å². The van der Waals surface area contributed by atoms with Crippen LogP contribution in [0.25, 0.3) is 11.2 Å². The first kappa shape index (κ1) is 14.6. The summed E-state index contributed by atoms with van der Waals surface area (Å²) in [5.41, 5.74) is 11.8. The molecule has 110 valence electrons. The van der Waals surface area contributed by atoms with Gasteiger partial charge in [0.05, 0.1) is 12.6 Å². The Balaban J connectivity index is 2.16. The summed E-state index contributed by atoms with van der Waals surface area (Å²) in [6.07, 6.45) is -1.18. The minimum atomic E-state index is -4.21. The number of rotatable bonds is 5. The summed E-state index contributed by atoms with van der Waals surface area (Å²) in [4.78, 5) is 25.2. The topological polar surface area (TPSA) is 175 Å². The summed E-state index contributed by atoms with van der Waals surface area (Å²) in [7, 11) is -4.21. The van der Waals surface area contributed by atoms with Gasteiger partial charge in [0.2, 0.25) is 5.95 Å². The van der Waals surface area contributed by atoms with Crippen LogP contribution < -0.4 is 11.5 Å². The highest BCUT2D eigenvalue weighted by Crippen LogP contribution is 2.34. The first-order valence-electron chi connectivity index (χ1n) is 5.54. The Hall–Kier alpha value is -1.81. The van der Waals surface area contributed by atoms with Crippen molar-refractivity contribution in [3.8, 4) is 0 Å². The monoisotopic (exact) mass is 303 g/mol. The number of nitrogens with two attached hydrogens (primary N) is 2. The molecule has 2 aromatic heterocycles. The maximum atomic E-state index is 10.7. The lowest BCUT2D eigenvalue weighted by Gasteiger charge is -2.13. The minimum absolute atomic E-state index is 0.0117. The third-order valence-corrected chi connectivity index (χ3v) is 2.85. The van der Waals surface area contributed by atoms with Crippen molar-refractivity contribution in [3.63, 3.8) is 0 Å². The first-order chi connectivity index (χ1) is 9.26. The molecular weight excluding hydrogens is 289 g/mol. The lowest BCUT2D eigenvalue weighted by atomic mass is 10.4. The Kier molecular flexibility index (Phi) is 3.86. The molecule has 12 heteroatoms. The first-order valence-corrected chi connectivity index (χ1v) is 7.34. The average Bonchev–Trinajstić information content (AvgIpc) is 2.69. The van der Waals surface area contributed by atoms with E-state index in [4.69, 9.17) is 26.0 Å². The Bertz CT molecular complexity index is 668. The fraction of sp³-hybridized carbons (Fsp3) is 0.500. The SMILES string of the molecule is C[C@H](Cn1nnc2c(N)nc(N)nc21)OCP(=O)(O)O. The van der Waals surface area contributed by atoms with E-state index in [9.17, 15) is 4.57 Å². The number of fused-ring (bicyclic) bond motifs is 1. The van der Waals surface area contributed by atoms with Gasteiger partial charge >= 0.3 is 7.60 Å². The second-order valence-corrected chi connectivity index (χ2v) is 5.77. The molecule has 0 bridgehead atoms. The summed E-state index contributed by atoms with van der Waals surface area (Å²) in [5.74, 6) is 0.102. The zero-order valence-electron chi connectivity index (χ0n) is 10.5. The van der Waals surface area contributed by atoms with E-state index in [0.29, 0.717) is 11.2 Å². The van der Waals surface area contributed by atoms with Crippen LogP contribution in [0.3, 0.4) is 0 Å². The summed E-state index contributed by atoms with van der Waals surface area (Å²) in [5, 5.41) is 7.66. The fourth-order valence-corrected chi connectivity index (χ4v) is 1.99. The van der Waals surface area contributed by atoms with Crippen LogP contribution in [0.4, 0.5) is 11.8 Å². The molecule has 2 aromatic rings. The molecule has 2 rings (SSSR count). The smallest absolute Gasteiger partial charge is 0.350 e. The van der Waals surface area contributed by atoms with Gasteiger partial charge in [0.1, 0.15) is 6.35 Å². The van der Waals surface area contributed by atoms with Crippen molar-refractivity contribution in [2.45, 2.75) is 19.6 Å². The number of ether oxygens (including phenoxy) is 1. The van der Waals surface area contributed by atoms with Crippen molar-refractivity contribution in [2.75, 3.05) is 17.8 Å². The second kappa shape index (κ2) is 5.29. The molecule has 20 heavy (non-hydrogen) atoms. The Labute approximate surface area is 113 Å². The van der Waals surface area contributed by atoms with E-state index in [1.165, 1.54) is 4.68 Å². The van der Waals surface area contributed by atoms with E-state index in [2.05, 4.69) is 20.3 Å². The molecule has 1 atom stereocenters. The van der Waals surface area contributed by atoms with Crippen LogP contribution in [-0.4, -0.2) is 47.2 Å². The van der Waals surface area contributed by atoms with Gasteiger partial charge in [-0.05, 0) is 6.92 Å². The Morgan fingerprint density at radius 2 is 2.10 bits per heavy atom.